The molecule has 1 atom stereocenters. The molecule has 0 bridgehead atoms. The summed E-state index contributed by atoms with van der Waals surface area (Å²) in [7, 11) is 0. The first-order chi connectivity index (χ1) is 8.65. The van der Waals surface area contributed by atoms with Crippen LogP contribution in [0.3, 0.4) is 0 Å². The van der Waals surface area contributed by atoms with Gasteiger partial charge in [0.05, 0.1) is 3.79 Å². The molecule has 2 nitrogen and oxygen atoms in total. The van der Waals surface area contributed by atoms with Gasteiger partial charge in [-0.15, -0.1) is 11.3 Å². The van der Waals surface area contributed by atoms with E-state index in [9.17, 15) is 0 Å². The van der Waals surface area contributed by atoms with E-state index in [1.807, 2.05) is 11.3 Å². The predicted molar refractivity (Wildman–Crippen MR) is 83.2 cm³/mol. The van der Waals surface area contributed by atoms with Crippen molar-refractivity contribution in [3.05, 3.63) is 20.8 Å². The SMILES string of the molecule is CC(C)CNCC1CCCN1Cc1ccc(Br)s1. The van der Waals surface area contributed by atoms with E-state index in [2.05, 4.69) is 52.1 Å². The van der Waals surface area contributed by atoms with Gasteiger partial charge in [-0.3, -0.25) is 4.90 Å². The Kier molecular flexibility index (Phi) is 5.67. The number of hydrogen-bond donors (Lipinski definition) is 1. The fourth-order valence-electron chi connectivity index (χ4n) is 2.51. The number of halogens is 1. The number of nitrogens with one attached hydrogen (secondary N) is 1. The van der Waals surface area contributed by atoms with Crippen molar-refractivity contribution in [2.45, 2.75) is 39.3 Å². The third-order valence-electron chi connectivity index (χ3n) is 3.42. The topological polar surface area (TPSA) is 15.3 Å². The van der Waals surface area contributed by atoms with Crippen LogP contribution < -0.4 is 5.32 Å². The maximum atomic E-state index is 3.60. The van der Waals surface area contributed by atoms with Crippen molar-refractivity contribution >= 4 is 27.3 Å². The second-order valence-corrected chi connectivity index (χ2v) is 8.07. The van der Waals surface area contributed by atoms with E-state index in [1.54, 1.807) is 0 Å². The number of likely N-dealkylation sites (tertiary alicyclic amines) is 1. The van der Waals surface area contributed by atoms with E-state index < -0.39 is 0 Å². The smallest absolute Gasteiger partial charge is 0.0701 e. The average Bonchev–Trinajstić information content (AvgIpc) is 2.89. The van der Waals surface area contributed by atoms with E-state index in [0.29, 0.717) is 0 Å². The fourth-order valence-corrected chi connectivity index (χ4v) is 4.02. The zero-order valence-electron chi connectivity index (χ0n) is 11.3. The molecule has 0 saturated carbocycles. The molecule has 1 aromatic heterocycles. The van der Waals surface area contributed by atoms with Crippen molar-refractivity contribution in [3.63, 3.8) is 0 Å². The highest BCUT2D eigenvalue weighted by Gasteiger charge is 2.24. The highest BCUT2D eigenvalue weighted by molar-refractivity contribution is 9.11. The molecule has 18 heavy (non-hydrogen) atoms. The predicted octanol–water partition coefficient (Wildman–Crippen LogP) is 3.72. The number of rotatable bonds is 6. The molecule has 1 fully saturated rings. The first-order valence-electron chi connectivity index (χ1n) is 6.84. The molecule has 0 aliphatic carbocycles. The van der Waals surface area contributed by atoms with Gasteiger partial charge in [0.2, 0.25) is 0 Å². The maximum Gasteiger partial charge on any atom is 0.0701 e. The average molecular weight is 331 g/mol. The van der Waals surface area contributed by atoms with Gasteiger partial charge in [0, 0.05) is 24.0 Å². The first kappa shape index (κ1) is 14.5. The summed E-state index contributed by atoms with van der Waals surface area (Å²) >= 11 is 5.40. The summed E-state index contributed by atoms with van der Waals surface area (Å²) in [5.41, 5.74) is 0. The van der Waals surface area contributed by atoms with E-state index in [0.717, 1.165) is 31.6 Å². The van der Waals surface area contributed by atoms with Gasteiger partial charge in [-0.2, -0.15) is 0 Å². The molecule has 2 rings (SSSR count). The molecule has 1 aromatic rings. The lowest BCUT2D eigenvalue weighted by molar-refractivity contribution is 0.239. The number of hydrogen-bond acceptors (Lipinski definition) is 3. The minimum absolute atomic E-state index is 0.727. The van der Waals surface area contributed by atoms with E-state index in [4.69, 9.17) is 0 Å². The molecule has 102 valence electrons. The van der Waals surface area contributed by atoms with Gasteiger partial charge in [0.25, 0.3) is 0 Å². The lowest BCUT2D eigenvalue weighted by Gasteiger charge is -2.24. The van der Waals surface area contributed by atoms with Crippen molar-refractivity contribution in [1.29, 1.82) is 0 Å². The molecule has 1 N–H and O–H groups in total. The van der Waals surface area contributed by atoms with Gasteiger partial charge in [-0.05, 0) is 59.9 Å². The largest absolute Gasteiger partial charge is 0.315 e. The van der Waals surface area contributed by atoms with Gasteiger partial charge in [0.1, 0.15) is 0 Å². The Morgan fingerprint density at radius 3 is 3.00 bits per heavy atom. The normalized spacial score (nSPS) is 21.0. The van der Waals surface area contributed by atoms with Crippen LogP contribution in [0.15, 0.2) is 15.9 Å². The second kappa shape index (κ2) is 7.04. The van der Waals surface area contributed by atoms with E-state index >= 15 is 0 Å². The molecule has 1 saturated heterocycles. The summed E-state index contributed by atoms with van der Waals surface area (Å²) < 4.78 is 1.24. The Bertz CT molecular complexity index is 364. The summed E-state index contributed by atoms with van der Waals surface area (Å²) in [4.78, 5) is 4.10. The number of thiophene rings is 1. The van der Waals surface area contributed by atoms with Crippen molar-refractivity contribution in [3.8, 4) is 0 Å². The first-order valence-corrected chi connectivity index (χ1v) is 8.45. The zero-order chi connectivity index (χ0) is 13.0. The van der Waals surface area contributed by atoms with Crippen molar-refractivity contribution < 1.29 is 0 Å². The van der Waals surface area contributed by atoms with E-state index in [1.165, 1.54) is 28.0 Å². The van der Waals surface area contributed by atoms with Crippen LogP contribution in [0.5, 0.6) is 0 Å². The molecule has 2 heterocycles. The Morgan fingerprint density at radius 2 is 2.33 bits per heavy atom. The Morgan fingerprint density at radius 1 is 1.50 bits per heavy atom. The van der Waals surface area contributed by atoms with E-state index in [-0.39, 0.29) is 0 Å². The lowest BCUT2D eigenvalue weighted by Crippen LogP contribution is -2.38. The molecule has 0 aromatic carbocycles. The van der Waals surface area contributed by atoms with Gasteiger partial charge >= 0.3 is 0 Å². The lowest BCUT2D eigenvalue weighted by atomic mass is 10.2. The van der Waals surface area contributed by atoms with Crippen LogP contribution in [0.2, 0.25) is 0 Å². The summed E-state index contributed by atoms with van der Waals surface area (Å²) in [6.07, 6.45) is 2.69. The molecular weight excluding hydrogens is 308 g/mol. The molecule has 1 aliphatic rings. The molecule has 1 aliphatic heterocycles. The van der Waals surface area contributed by atoms with Gasteiger partial charge < -0.3 is 5.32 Å². The molecule has 1 unspecified atom stereocenters. The highest BCUT2D eigenvalue weighted by Crippen LogP contribution is 2.26. The maximum absolute atomic E-state index is 3.60. The third kappa shape index (κ3) is 4.34. The van der Waals surface area contributed by atoms with Crippen LogP contribution in [0.1, 0.15) is 31.6 Å². The Hall–Kier alpha value is 0.1000. The summed E-state index contributed by atoms with van der Waals surface area (Å²) in [6.45, 7) is 9.18. The summed E-state index contributed by atoms with van der Waals surface area (Å²) in [6, 6.07) is 5.12. The van der Waals surface area contributed by atoms with Crippen LogP contribution in [0.25, 0.3) is 0 Å². The van der Waals surface area contributed by atoms with Crippen molar-refractivity contribution in [1.82, 2.24) is 10.2 Å². The van der Waals surface area contributed by atoms with Gasteiger partial charge in [-0.25, -0.2) is 0 Å². The molecule has 0 radical (unpaired) electrons. The zero-order valence-corrected chi connectivity index (χ0v) is 13.7. The molecule has 0 amide bonds. The summed E-state index contributed by atoms with van der Waals surface area (Å²) in [5, 5.41) is 3.60. The number of nitrogens with zero attached hydrogens (tertiary/aromatic N) is 1. The molecular formula is C14H23BrN2S. The van der Waals surface area contributed by atoms with Crippen molar-refractivity contribution in [2.24, 2.45) is 5.92 Å². The Labute approximate surface area is 123 Å². The minimum atomic E-state index is 0.727. The van der Waals surface area contributed by atoms with Crippen LogP contribution >= 0.6 is 27.3 Å². The van der Waals surface area contributed by atoms with Gasteiger partial charge in [-0.1, -0.05) is 13.8 Å². The second-order valence-electron chi connectivity index (χ2n) is 5.52. The third-order valence-corrected chi connectivity index (χ3v) is 5.03. The standard InChI is InChI=1S/C14H23BrN2S/c1-11(2)8-16-9-12-4-3-7-17(12)10-13-5-6-14(15)18-13/h5-6,11-12,16H,3-4,7-10H2,1-2H3. The Balaban J connectivity index is 1.80. The highest BCUT2D eigenvalue weighted by atomic mass is 79.9. The molecule has 4 heteroatoms. The summed E-state index contributed by atoms with van der Waals surface area (Å²) in [5.74, 6) is 0.744. The fraction of sp³-hybridized carbons (Fsp3) is 0.714. The molecule has 0 spiro atoms. The van der Waals surface area contributed by atoms with Gasteiger partial charge in [0.15, 0.2) is 0 Å². The van der Waals surface area contributed by atoms with Crippen LogP contribution in [-0.2, 0) is 6.54 Å². The van der Waals surface area contributed by atoms with Crippen LogP contribution in [0.4, 0.5) is 0 Å². The van der Waals surface area contributed by atoms with Crippen LogP contribution in [0, 0.1) is 5.92 Å². The van der Waals surface area contributed by atoms with Crippen LogP contribution in [-0.4, -0.2) is 30.6 Å². The monoisotopic (exact) mass is 330 g/mol. The minimum Gasteiger partial charge on any atom is -0.315 e. The van der Waals surface area contributed by atoms with Crippen molar-refractivity contribution in [2.75, 3.05) is 19.6 Å². The quantitative estimate of drug-likeness (QED) is 0.855.